The van der Waals surface area contributed by atoms with Crippen LogP contribution in [0.1, 0.15) is 16.8 Å². The summed E-state index contributed by atoms with van der Waals surface area (Å²) >= 11 is 1.09. The van der Waals surface area contributed by atoms with E-state index in [9.17, 15) is 13.6 Å². The summed E-state index contributed by atoms with van der Waals surface area (Å²) in [5.74, 6) is -0.623. The molecule has 33 heavy (non-hydrogen) atoms. The number of ether oxygens (including phenoxy) is 3. The molecule has 0 N–H and O–H groups in total. The zero-order valence-electron chi connectivity index (χ0n) is 17.6. The van der Waals surface area contributed by atoms with Crippen molar-refractivity contribution in [2.24, 2.45) is 0 Å². The largest absolute Gasteiger partial charge is 0.454 e. The molecule has 2 aromatic carbocycles. The van der Waals surface area contributed by atoms with Crippen LogP contribution in [-0.2, 0) is 4.74 Å². The minimum Gasteiger partial charge on any atom is -0.454 e. The average molecular weight is 498 g/mol. The van der Waals surface area contributed by atoms with Crippen LogP contribution in [0.3, 0.4) is 0 Å². The Bertz CT molecular complexity index is 1160. The molecule has 5 rings (SSSR count). The second-order valence-electron chi connectivity index (χ2n) is 7.56. The molecule has 0 atom stereocenters. The lowest BCUT2D eigenvalue weighted by Gasteiger charge is -2.27. The van der Waals surface area contributed by atoms with Crippen LogP contribution in [0.5, 0.6) is 11.5 Å². The van der Waals surface area contributed by atoms with E-state index < -0.39 is 11.6 Å². The number of benzene rings is 2. The number of thiazole rings is 1. The molecule has 2 aliphatic rings. The quantitative estimate of drug-likeness (QED) is 0.511. The zero-order valence-corrected chi connectivity index (χ0v) is 19.2. The molecule has 0 bridgehead atoms. The highest BCUT2D eigenvalue weighted by molar-refractivity contribution is 7.22. The number of nitrogens with zero attached hydrogens (tertiary/aromatic N) is 3. The van der Waals surface area contributed by atoms with Gasteiger partial charge in [-0.1, -0.05) is 11.3 Å². The highest BCUT2D eigenvalue weighted by Crippen LogP contribution is 2.35. The summed E-state index contributed by atoms with van der Waals surface area (Å²) in [4.78, 5) is 21.6. The van der Waals surface area contributed by atoms with Crippen LogP contribution >= 0.6 is 23.7 Å². The number of aromatic nitrogens is 1. The first-order valence-corrected chi connectivity index (χ1v) is 11.2. The van der Waals surface area contributed by atoms with Crippen LogP contribution in [0.2, 0.25) is 0 Å². The predicted molar refractivity (Wildman–Crippen MR) is 123 cm³/mol. The molecule has 11 heteroatoms. The lowest BCUT2D eigenvalue weighted by Crippen LogP contribution is -2.39. The van der Waals surface area contributed by atoms with Crippen molar-refractivity contribution in [3.05, 3.63) is 47.5 Å². The predicted octanol–water partition coefficient (Wildman–Crippen LogP) is 4.09. The molecule has 1 amide bonds. The van der Waals surface area contributed by atoms with Gasteiger partial charge in [-0.2, -0.15) is 0 Å². The number of carbonyl (C=O) groups is 1. The van der Waals surface area contributed by atoms with Crippen LogP contribution < -0.4 is 14.4 Å². The topological polar surface area (TPSA) is 64.1 Å². The fourth-order valence-electron chi connectivity index (χ4n) is 3.81. The van der Waals surface area contributed by atoms with E-state index in [0.29, 0.717) is 53.1 Å². The standard InChI is InChI=1S/C22H21F2N3O4S.ClH/c23-15-11-16(24)20-19(12-15)32-22(25-20)27(5-1-4-26-6-8-29-9-7-26)21(28)14-2-3-17-18(10-14)31-13-30-17;/h2-3,10-12H,1,4-9,13H2;1H. The third-order valence-corrected chi connectivity index (χ3v) is 6.48. The van der Waals surface area contributed by atoms with Crippen LogP contribution in [0.15, 0.2) is 30.3 Å². The molecule has 3 aromatic rings. The second-order valence-corrected chi connectivity index (χ2v) is 8.57. The number of fused-ring (bicyclic) bond motifs is 2. The lowest BCUT2D eigenvalue weighted by atomic mass is 10.1. The van der Waals surface area contributed by atoms with Crippen molar-refractivity contribution in [3.63, 3.8) is 0 Å². The van der Waals surface area contributed by atoms with Gasteiger partial charge < -0.3 is 14.2 Å². The van der Waals surface area contributed by atoms with Crippen LogP contribution in [0.4, 0.5) is 13.9 Å². The molecule has 2 aliphatic heterocycles. The molecular weight excluding hydrogens is 476 g/mol. The number of hydrogen-bond acceptors (Lipinski definition) is 7. The van der Waals surface area contributed by atoms with Gasteiger partial charge in [0.05, 0.1) is 17.9 Å². The molecule has 0 spiro atoms. The van der Waals surface area contributed by atoms with E-state index in [1.165, 1.54) is 11.0 Å². The molecule has 0 unspecified atom stereocenters. The highest BCUT2D eigenvalue weighted by atomic mass is 35.5. The number of halogens is 3. The summed E-state index contributed by atoms with van der Waals surface area (Å²) in [6.07, 6.45) is 0.697. The van der Waals surface area contributed by atoms with Gasteiger partial charge in [0.25, 0.3) is 5.91 Å². The Morgan fingerprint density at radius 2 is 1.91 bits per heavy atom. The molecule has 0 radical (unpaired) electrons. The third kappa shape index (κ3) is 5.03. The summed E-state index contributed by atoms with van der Waals surface area (Å²) in [5.41, 5.74) is 0.467. The van der Waals surface area contributed by atoms with Gasteiger partial charge in [0.1, 0.15) is 11.3 Å². The van der Waals surface area contributed by atoms with E-state index >= 15 is 0 Å². The van der Waals surface area contributed by atoms with E-state index in [2.05, 4.69) is 9.88 Å². The van der Waals surface area contributed by atoms with Crippen molar-refractivity contribution < 1.29 is 27.8 Å². The van der Waals surface area contributed by atoms with Gasteiger partial charge in [0.2, 0.25) is 6.79 Å². The fourth-order valence-corrected chi connectivity index (χ4v) is 4.84. The molecule has 1 aromatic heterocycles. The molecular formula is C22H22ClF2N3O4S. The minimum absolute atomic E-state index is 0. The van der Waals surface area contributed by atoms with Crippen molar-refractivity contribution in [2.45, 2.75) is 6.42 Å². The van der Waals surface area contributed by atoms with Crippen molar-refractivity contribution in [2.75, 3.05) is 51.1 Å². The van der Waals surface area contributed by atoms with Crippen LogP contribution in [0.25, 0.3) is 10.2 Å². The van der Waals surface area contributed by atoms with Crippen molar-refractivity contribution >= 4 is 45.0 Å². The normalized spacial score (nSPS) is 15.5. The maximum Gasteiger partial charge on any atom is 0.260 e. The van der Waals surface area contributed by atoms with Gasteiger partial charge in [-0.05, 0) is 30.7 Å². The maximum absolute atomic E-state index is 14.2. The van der Waals surface area contributed by atoms with Crippen molar-refractivity contribution in [1.82, 2.24) is 9.88 Å². The summed E-state index contributed by atoms with van der Waals surface area (Å²) in [6.45, 7) is 4.38. The number of rotatable bonds is 6. The van der Waals surface area contributed by atoms with Gasteiger partial charge in [-0.3, -0.25) is 14.6 Å². The Balaban J connectivity index is 0.00000259. The highest BCUT2D eigenvalue weighted by Gasteiger charge is 2.25. The van der Waals surface area contributed by atoms with Gasteiger partial charge >= 0.3 is 0 Å². The van der Waals surface area contributed by atoms with Crippen LogP contribution in [-0.4, -0.2) is 62.0 Å². The van der Waals surface area contributed by atoms with E-state index in [-0.39, 0.29) is 30.6 Å². The number of amides is 1. The Kier molecular flexibility index (Phi) is 7.28. The molecule has 1 saturated heterocycles. The molecule has 3 heterocycles. The van der Waals surface area contributed by atoms with Crippen molar-refractivity contribution in [3.8, 4) is 11.5 Å². The smallest absolute Gasteiger partial charge is 0.260 e. The zero-order chi connectivity index (χ0) is 22.1. The van der Waals surface area contributed by atoms with Crippen molar-refractivity contribution in [1.29, 1.82) is 0 Å². The molecule has 0 saturated carbocycles. The first-order valence-electron chi connectivity index (χ1n) is 10.4. The van der Waals surface area contributed by atoms with Gasteiger partial charge in [0, 0.05) is 37.8 Å². The summed E-state index contributed by atoms with van der Waals surface area (Å²) in [7, 11) is 0. The first-order chi connectivity index (χ1) is 15.6. The Morgan fingerprint density at radius 1 is 1.12 bits per heavy atom. The summed E-state index contributed by atoms with van der Waals surface area (Å²) in [5, 5.41) is 0.328. The molecule has 7 nitrogen and oxygen atoms in total. The number of carbonyl (C=O) groups excluding carboxylic acids is 1. The minimum atomic E-state index is -0.744. The second kappa shape index (κ2) is 10.2. The van der Waals surface area contributed by atoms with Gasteiger partial charge in [0.15, 0.2) is 22.4 Å². The summed E-state index contributed by atoms with van der Waals surface area (Å²) in [6, 6.07) is 7.02. The van der Waals surface area contributed by atoms with E-state index in [1.807, 2.05) is 0 Å². The number of hydrogen-bond donors (Lipinski definition) is 0. The molecule has 1 fully saturated rings. The van der Waals surface area contributed by atoms with Gasteiger partial charge in [-0.25, -0.2) is 13.8 Å². The Labute approximate surface area is 199 Å². The SMILES string of the molecule is Cl.O=C(c1ccc2c(c1)OCO2)N(CCCN1CCOCC1)c1nc2c(F)cc(F)cc2s1. The summed E-state index contributed by atoms with van der Waals surface area (Å²) < 4.78 is 44.4. The number of morpholine rings is 1. The van der Waals surface area contributed by atoms with Gasteiger partial charge in [-0.15, -0.1) is 12.4 Å². The van der Waals surface area contributed by atoms with Crippen LogP contribution in [0, 0.1) is 11.6 Å². The fraction of sp³-hybridized carbons (Fsp3) is 0.364. The van der Waals surface area contributed by atoms with E-state index in [0.717, 1.165) is 37.0 Å². The maximum atomic E-state index is 14.2. The first kappa shape index (κ1) is 23.6. The monoisotopic (exact) mass is 497 g/mol. The van der Waals surface area contributed by atoms with E-state index in [1.54, 1.807) is 18.2 Å². The lowest BCUT2D eigenvalue weighted by molar-refractivity contribution is 0.0376. The third-order valence-electron chi connectivity index (χ3n) is 5.46. The Morgan fingerprint density at radius 3 is 2.73 bits per heavy atom. The molecule has 176 valence electrons. The number of anilines is 1. The average Bonchev–Trinajstić information content (AvgIpc) is 3.43. The Hall–Kier alpha value is -2.53. The molecule has 0 aliphatic carbocycles. The van der Waals surface area contributed by atoms with E-state index in [4.69, 9.17) is 14.2 Å².